The zero-order valence-corrected chi connectivity index (χ0v) is 23.5. The van der Waals surface area contributed by atoms with E-state index in [4.69, 9.17) is 18.9 Å². The molecule has 8 nitrogen and oxygen atoms in total. The van der Waals surface area contributed by atoms with E-state index in [-0.39, 0.29) is 36.2 Å². The molecule has 0 saturated carbocycles. The van der Waals surface area contributed by atoms with Crippen molar-refractivity contribution >= 4 is 11.8 Å². The molecule has 2 aliphatic rings. The van der Waals surface area contributed by atoms with Gasteiger partial charge in [0.2, 0.25) is 0 Å². The summed E-state index contributed by atoms with van der Waals surface area (Å²) in [5.41, 5.74) is 4.71. The normalized spacial score (nSPS) is 18.4. The lowest BCUT2D eigenvalue weighted by Gasteiger charge is -2.37. The van der Waals surface area contributed by atoms with Gasteiger partial charge in [-0.25, -0.2) is 4.79 Å². The lowest BCUT2D eigenvalue weighted by Crippen LogP contribution is -2.36. The zero-order valence-electron chi connectivity index (χ0n) is 23.5. The number of dihydropyridines is 1. The Morgan fingerprint density at radius 1 is 0.878 bits per heavy atom. The summed E-state index contributed by atoms with van der Waals surface area (Å²) in [5, 5.41) is 13.6. The van der Waals surface area contributed by atoms with Crippen LogP contribution in [0.5, 0.6) is 23.0 Å². The highest BCUT2D eigenvalue weighted by atomic mass is 16.5. The number of carbonyl (C=O) groups excluding carboxylic acids is 2. The van der Waals surface area contributed by atoms with Crippen molar-refractivity contribution in [1.29, 1.82) is 0 Å². The SMILES string of the molecule is COc1cc([C@H]2C(C(=O)OCc3ccccc3)=C(C)NC3=C2C(=O)C[C@H](c2ccc(OC)c(OC)c2)C3)ccc1O. The predicted octanol–water partition coefficient (Wildman–Crippen LogP) is 5.52. The van der Waals surface area contributed by atoms with E-state index in [1.165, 1.54) is 13.2 Å². The fourth-order valence-electron chi connectivity index (χ4n) is 5.66. The van der Waals surface area contributed by atoms with Crippen LogP contribution in [0.4, 0.5) is 0 Å². The number of benzene rings is 3. The Labute approximate surface area is 239 Å². The molecule has 0 fully saturated rings. The van der Waals surface area contributed by atoms with Crippen LogP contribution in [0.1, 0.15) is 48.3 Å². The monoisotopic (exact) mass is 555 g/mol. The molecule has 8 heteroatoms. The first-order valence-electron chi connectivity index (χ1n) is 13.4. The smallest absolute Gasteiger partial charge is 0.337 e. The Balaban J connectivity index is 1.54. The van der Waals surface area contributed by atoms with E-state index < -0.39 is 11.9 Å². The molecule has 1 aliphatic heterocycles. The number of hydrogen-bond donors (Lipinski definition) is 2. The van der Waals surface area contributed by atoms with Crippen LogP contribution in [-0.4, -0.2) is 38.2 Å². The van der Waals surface area contributed by atoms with Crippen LogP contribution < -0.4 is 19.5 Å². The third-order valence-electron chi connectivity index (χ3n) is 7.68. The summed E-state index contributed by atoms with van der Waals surface area (Å²) in [6.07, 6.45) is 0.819. The van der Waals surface area contributed by atoms with E-state index in [0.29, 0.717) is 40.3 Å². The van der Waals surface area contributed by atoms with Crippen LogP contribution >= 0.6 is 0 Å². The van der Waals surface area contributed by atoms with E-state index in [1.54, 1.807) is 26.4 Å². The molecule has 2 atom stereocenters. The molecule has 212 valence electrons. The molecule has 1 heterocycles. The number of methoxy groups -OCH3 is 3. The number of ether oxygens (including phenoxy) is 4. The summed E-state index contributed by atoms with van der Waals surface area (Å²) >= 11 is 0. The fraction of sp³-hybridized carbons (Fsp3) is 0.273. The molecule has 0 spiro atoms. The fourth-order valence-corrected chi connectivity index (χ4v) is 5.66. The molecule has 3 aromatic rings. The number of phenolic OH excluding ortho intramolecular Hbond substituents is 1. The van der Waals surface area contributed by atoms with Gasteiger partial charge in [-0.2, -0.15) is 0 Å². The van der Waals surface area contributed by atoms with E-state index in [0.717, 1.165) is 16.8 Å². The van der Waals surface area contributed by atoms with Crippen molar-refractivity contribution in [3.63, 3.8) is 0 Å². The Morgan fingerprint density at radius 2 is 1.56 bits per heavy atom. The number of aromatic hydroxyl groups is 1. The molecular formula is C33H33NO7. The number of nitrogens with one attached hydrogen (secondary N) is 1. The van der Waals surface area contributed by atoms with Gasteiger partial charge >= 0.3 is 5.97 Å². The van der Waals surface area contributed by atoms with Gasteiger partial charge in [-0.15, -0.1) is 0 Å². The van der Waals surface area contributed by atoms with Crippen molar-refractivity contribution in [1.82, 2.24) is 5.32 Å². The predicted molar refractivity (Wildman–Crippen MR) is 153 cm³/mol. The Hall–Kier alpha value is -4.72. The van der Waals surface area contributed by atoms with Gasteiger partial charge in [-0.1, -0.05) is 42.5 Å². The van der Waals surface area contributed by atoms with Gasteiger partial charge < -0.3 is 29.4 Å². The average molecular weight is 556 g/mol. The van der Waals surface area contributed by atoms with Gasteiger partial charge in [0.25, 0.3) is 0 Å². The number of phenols is 1. The molecule has 41 heavy (non-hydrogen) atoms. The third kappa shape index (κ3) is 5.50. The van der Waals surface area contributed by atoms with Gasteiger partial charge in [0, 0.05) is 29.3 Å². The summed E-state index contributed by atoms with van der Waals surface area (Å²) in [5.74, 6) is 0.0656. The number of hydrogen-bond acceptors (Lipinski definition) is 8. The second-order valence-corrected chi connectivity index (χ2v) is 10.1. The van der Waals surface area contributed by atoms with Crippen LogP contribution in [0.3, 0.4) is 0 Å². The van der Waals surface area contributed by atoms with Crippen molar-refractivity contribution in [3.8, 4) is 23.0 Å². The van der Waals surface area contributed by atoms with Gasteiger partial charge in [0.05, 0.1) is 26.9 Å². The first-order valence-corrected chi connectivity index (χ1v) is 13.4. The second kappa shape index (κ2) is 11.8. The average Bonchev–Trinajstić information content (AvgIpc) is 2.99. The highest BCUT2D eigenvalue weighted by Gasteiger charge is 2.41. The highest BCUT2D eigenvalue weighted by Crippen LogP contribution is 2.47. The summed E-state index contributed by atoms with van der Waals surface area (Å²) in [6, 6.07) is 20.0. The molecule has 5 rings (SSSR count). The Kier molecular flexibility index (Phi) is 8.01. The second-order valence-electron chi connectivity index (χ2n) is 10.1. The summed E-state index contributed by atoms with van der Waals surface area (Å²) in [7, 11) is 4.63. The number of carbonyl (C=O) groups is 2. The van der Waals surface area contributed by atoms with Crippen molar-refractivity contribution < 1.29 is 33.6 Å². The minimum Gasteiger partial charge on any atom is -0.504 e. The maximum Gasteiger partial charge on any atom is 0.337 e. The molecule has 2 N–H and O–H groups in total. The minimum atomic E-state index is -0.692. The molecule has 0 amide bonds. The first-order chi connectivity index (χ1) is 19.8. The number of esters is 1. The number of Topliss-reactive ketones (excluding diaryl/α,β-unsaturated/α-hetero) is 1. The molecular weight excluding hydrogens is 522 g/mol. The molecule has 0 aromatic heterocycles. The van der Waals surface area contributed by atoms with Crippen molar-refractivity contribution in [2.75, 3.05) is 21.3 Å². The van der Waals surface area contributed by atoms with Crippen LogP contribution in [0.15, 0.2) is 89.3 Å². The maximum absolute atomic E-state index is 13.9. The van der Waals surface area contributed by atoms with Gasteiger partial charge in [-0.05, 0) is 60.2 Å². The third-order valence-corrected chi connectivity index (χ3v) is 7.68. The van der Waals surface area contributed by atoms with E-state index in [2.05, 4.69) is 5.32 Å². The topological polar surface area (TPSA) is 103 Å². The summed E-state index contributed by atoms with van der Waals surface area (Å²) in [4.78, 5) is 27.6. The maximum atomic E-state index is 13.9. The number of rotatable bonds is 8. The van der Waals surface area contributed by atoms with Crippen molar-refractivity contribution in [2.24, 2.45) is 0 Å². The van der Waals surface area contributed by atoms with Gasteiger partial charge in [0.1, 0.15) is 6.61 Å². The molecule has 1 aliphatic carbocycles. The first kappa shape index (κ1) is 27.8. The molecule has 0 unspecified atom stereocenters. The van der Waals surface area contributed by atoms with E-state index >= 15 is 0 Å². The van der Waals surface area contributed by atoms with E-state index in [1.807, 2.05) is 55.5 Å². The number of allylic oxidation sites excluding steroid dienone is 3. The molecule has 0 saturated heterocycles. The standard InChI is InChI=1S/C33H33NO7/c1-19-30(33(37)41-18-20-8-6-5-7-9-20)31(22-10-12-25(35)28(17-22)39-3)32-24(34-19)14-23(15-26(32)36)21-11-13-27(38-2)29(16-21)40-4/h5-13,16-17,23,31,34-35H,14-15,18H2,1-4H3/t23-,31+/m1/s1. The van der Waals surface area contributed by atoms with E-state index in [9.17, 15) is 14.7 Å². The van der Waals surface area contributed by atoms with Crippen molar-refractivity contribution in [3.05, 3.63) is 106 Å². The molecule has 3 aromatic carbocycles. The Bertz CT molecular complexity index is 1540. The zero-order chi connectivity index (χ0) is 29.1. The minimum absolute atomic E-state index is 0.0308. The largest absolute Gasteiger partial charge is 0.504 e. The van der Waals surface area contributed by atoms with Gasteiger partial charge in [0.15, 0.2) is 28.8 Å². The quantitative estimate of drug-likeness (QED) is 0.350. The van der Waals surface area contributed by atoms with Crippen LogP contribution in [0.25, 0.3) is 0 Å². The van der Waals surface area contributed by atoms with Gasteiger partial charge in [-0.3, -0.25) is 4.79 Å². The summed E-state index contributed by atoms with van der Waals surface area (Å²) < 4.78 is 22.0. The van der Waals surface area contributed by atoms with Crippen LogP contribution in [-0.2, 0) is 20.9 Å². The lowest BCUT2D eigenvalue weighted by atomic mass is 9.71. The summed E-state index contributed by atoms with van der Waals surface area (Å²) in [6.45, 7) is 1.92. The number of ketones is 1. The lowest BCUT2D eigenvalue weighted by molar-refractivity contribution is -0.140. The van der Waals surface area contributed by atoms with Crippen LogP contribution in [0.2, 0.25) is 0 Å². The highest BCUT2D eigenvalue weighted by molar-refractivity contribution is 6.04. The Morgan fingerprint density at radius 3 is 2.27 bits per heavy atom. The van der Waals surface area contributed by atoms with Crippen LogP contribution in [0, 0.1) is 0 Å². The molecule has 0 radical (unpaired) electrons. The molecule has 0 bridgehead atoms. The van der Waals surface area contributed by atoms with Crippen molar-refractivity contribution in [2.45, 2.75) is 38.2 Å².